The number of carbonyl (C=O) groups excluding carboxylic acids is 1. The van der Waals surface area contributed by atoms with Crippen molar-refractivity contribution >= 4 is 17.3 Å². The molecule has 0 bridgehead atoms. The van der Waals surface area contributed by atoms with Crippen molar-refractivity contribution in [3.63, 3.8) is 0 Å². The van der Waals surface area contributed by atoms with Crippen LogP contribution in [0.5, 0.6) is 0 Å². The van der Waals surface area contributed by atoms with Gasteiger partial charge in [-0.2, -0.15) is 0 Å². The molecule has 0 spiro atoms. The van der Waals surface area contributed by atoms with Crippen LogP contribution in [-0.4, -0.2) is 36.8 Å². The van der Waals surface area contributed by atoms with Gasteiger partial charge in [0.15, 0.2) is 0 Å². The Labute approximate surface area is 107 Å². The summed E-state index contributed by atoms with van der Waals surface area (Å²) in [7, 11) is 0. The molecule has 96 valence electrons. The monoisotopic (exact) mass is 246 g/mol. The molecule has 0 aliphatic carbocycles. The molecule has 4 nitrogen and oxygen atoms in total. The van der Waals surface area contributed by atoms with Gasteiger partial charge in [0.2, 0.25) is 5.91 Å². The van der Waals surface area contributed by atoms with Gasteiger partial charge in [0.1, 0.15) is 0 Å². The Morgan fingerprint density at radius 1 is 1.17 bits per heavy atom. The highest BCUT2D eigenvalue weighted by molar-refractivity contribution is 5.96. The zero-order chi connectivity index (χ0) is 12.5. The first-order valence-corrected chi connectivity index (χ1v) is 6.57. The molecule has 2 aliphatic heterocycles. The number of β-amino-alcohol motifs (C(OH)–C–C–N with tert-alkyl or cyclic N) is 1. The number of carbonyl (C=O) groups is 1. The Morgan fingerprint density at radius 2 is 1.89 bits per heavy atom. The van der Waals surface area contributed by atoms with E-state index in [2.05, 4.69) is 17.0 Å². The third-order valence-corrected chi connectivity index (χ3v) is 3.72. The fourth-order valence-electron chi connectivity index (χ4n) is 2.77. The van der Waals surface area contributed by atoms with Crippen molar-refractivity contribution in [2.75, 3.05) is 29.4 Å². The maximum Gasteiger partial charge on any atom is 0.229 e. The summed E-state index contributed by atoms with van der Waals surface area (Å²) >= 11 is 0. The van der Waals surface area contributed by atoms with Crippen LogP contribution < -0.4 is 9.80 Å². The van der Waals surface area contributed by atoms with Crippen LogP contribution in [-0.2, 0) is 4.79 Å². The zero-order valence-electron chi connectivity index (χ0n) is 10.4. The number of hydrogen-bond acceptors (Lipinski definition) is 3. The van der Waals surface area contributed by atoms with Gasteiger partial charge in [-0.15, -0.1) is 0 Å². The molecule has 18 heavy (non-hydrogen) atoms. The zero-order valence-corrected chi connectivity index (χ0v) is 10.4. The van der Waals surface area contributed by atoms with E-state index >= 15 is 0 Å². The largest absolute Gasteiger partial charge is 0.391 e. The Hall–Kier alpha value is -1.55. The molecule has 1 atom stereocenters. The average Bonchev–Trinajstić information content (AvgIpc) is 2.99. The molecule has 1 aromatic rings. The maximum atomic E-state index is 11.8. The molecule has 3 rings (SSSR count). The molecule has 0 saturated carbocycles. The van der Waals surface area contributed by atoms with E-state index in [-0.39, 0.29) is 12.3 Å². The van der Waals surface area contributed by atoms with E-state index in [1.165, 1.54) is 18.5 Å². The average molecular weight is 246 g/mol. The number of nitrogens with zero attached hydrogens (tertiary/aromatic N) is 2. The van der Waals surface area contributed by atoms with E-state index in [1.807, 2.05) is 12.1 Å². The van der Waals surface area contributed by atoms with Gasteiger partial charge in [0, 0.05) is 24.5 Å². The third-order valence-electron chi connectivity index (χ3n) is 3.72. The number of aliphatic hydroxyl groups excluding tert-OH is 1. The molecule has 4 heteroatoms. The molecular formula is C14H18N2O2. The summed E-state index contributed by atoms with van der Waals surface area (Å²) in [5.41, 5.74) is 2.08. The maximum absolute atomic E-state index is 11.8. The summed E-state index contributed by atoms with van der Waals surface area (Å²) in [6, 6.07) is 8.07. The smallest absolute Gasteiger partial charge is 0.229 e. The van der Waals surface area contributed by atoms with Gasteiger partial charge in [-0.3, -0.25) is 4.79 Å². The minimum Gasteiger partial charge on any atom is -0.391 e. The van der Waals surface area contributed by atoms with Crippen LogP contribution in [0.1, 0.15) is 19.3 Å². The lowest BCUT2D eigenvalue weighted by Crippen LogP contribution is -2.25. The second kappa shape index (κ2) is 4.61. The van der Waals surface area contributed by atoms with Crippen LogP contribution in [0.15, 0.2) is 24.3 Å². The molecule has 2 heterocycles. The molecular weight excluding hydrogens is 228 g/mol. The highest BCUT2D eigenvalue weighted by Crippen LogP contribution is 2.28. The van der Waals surface area contributed by atoms with E-state index in [0.717, 1.165) is 18.8 Å². The van der Waals surface area contributed by atoms with E-state index in [4.69, 9.17) is 0 Å². The standard InChI is InChI=1S/C14H18N2O2/c17-13-9-14(18)16(10-13)12-5-3-4-11(8-12)15-6-1-2-7-15/h3-5,8,13,17H,1-2,6-7,9-10H2. The van der Waals surface area contributed by atoms with E-state index in [0.29, 0.717) is 6.54 Å². The summed E-state index contributed by atoms with van der Waals surface area (Å²) in [5, 5.41) is 9.54. The first-order chi connectivity index (χ1) is 8.74. The predicted molar refractivity (Wildman–Crippen MR) is 70.9 cm³/mol. The third kappa shape index (κ3) is 2.08. The van der Waals surface area contributed by atoms with Crippen LogP contribution in [0, 0.1) is 0 Å². The number of anilines is 2. The summed E-state index contributed by atoms with van der Waals surface area (Å²) in [6.07, 6.45) is 2.21. The summed E-state index contributed by atoms with van der Waals surface area (Å²) in [4.78, 5) is 15.8. The summed E-state index contributed by atoms with van der Waals surface area (Å²) in [6.45, 7) is 2.61. The molecule has 1 unspecified atom stereocenters. The topological polar surface area (TPSA) is 43.8 Å². The van der Waals surface area contributed by atoms with Gasteiger partial charge >= 0.3 is 0 Å². The molecule has 2 fully saturated rings. The Kier molecular flexibility index (Phi) is 2.96. The fraction of sp³-hybridized carbons (Fsp3) is 0.500. The second-order valence-electron chi connectivity index (χ2n) is 5.08. The van der Waals surface area contributed by atoms with Crippen molar-refractivity contribution in [2.24, 2.45) is 0 Å². The quantitative estimate of drug-likeness (QED) is 0.857. The Morgan fingerprint density at radius 3 is 2.56 bits per heavy atom. The molecule has 1 aromatic carbocycles. The highest BCUT2D eigenvalue weighted by Gasteiger charge is 2.29. The SMILES string of the molecule is O=C1CC(O)CN1c1cccc(N2CCCC2)c1. The van der Waals surface area contributed by atoms with Crippen molar-refractivity contribution in [3.05, 3.63) is 24.3 Å². The highest BCUT2D eigenvalue weighted by atomic mass is 16.3. The molecule has 1 amide bonds. The lowest BCUT2D eigenvalue weighted by molar-refractivity contribution is -0.117. The minimum atomic E-state index is -0.520. The number of benzene rings is 1. The van der Waals surface area contributed by atoms with Gasteiger partial charge in [-0.25, -0.2) is 0 Å². The minimum absolute atomic E-state index is 0.0149. The van der Waals surface area contributed by atoms with Gasteiger partial charge < -0.3 is 14.9 Å². The summed E-state index contributed by atoms with van der Waals surface area (Å²) in [5.74, 6) is 0.0149. The predicted octanol–water partition coefficient (Wildman–Crippen LogP) is 1.38. The number of aliphatic hydroxyl groups is 1. The molecule has 2 saturated heterocycles. The number of rotatable bonds is 2. The first kappa shape index (κ1) is 11.5. The van der Waals surface area contributed by atoms with Crippen molar-refractivity contribution in [2.45, 2.75) is 25.4 Å². The summed E-state index contributed by atoms with van der Waals surface area (Å²) < 4.78 is 0. The van der Waals surface area contributed by atoms with Crippen LogP contribution in [0.3, 0.4) is 0 Å². The fourth-order valence-corrected chi connectivity index (χ4v) is 2.77. The normalized spacial score (nSPS) is 24.1. The Balaban J connectivity index is 1.84. The van der Waals surface area contributed by atoms with Crippen LogP contribution in [0.25, 0.3) is 0 Å². The van der Waals surface area contributed by atoms with Gasteiger partial charge in [-0.1, -0.05) is 6.07 Å². The number of hydrogen-bond donors (Lipinski definition) is 1. The number of amides is 1. The molecule has 0 radical (unpaired) electrons. The van der Waals surface area contributed by atoms with Crippen molar-refractivity contribution < 1.29 is 9.90 Å². The second-order valence-corrected chi connectivity index (χ2v) is 5.08. The van der Waals surface area contributed by atoms with Crippen molar-refractivity contribution in [1.82, 2.24) is 0 Å². The van der Waals surface area contributed by atoms with E-state index in [9.17, 15) is 9.90 Å². The van der Waals surface area contributed by atoms with Crippen molar-refractivity contribution in [1.29, 1.82) is 0 Å². The van der Waals surface area contributed by atoms with Crippen molar-refractivity contribution in [3.8, 4) is 0 Å². The lowest BCUT2D eigenvalue weighted by atomic mass is 10.2. The van der Waals surface area contributed by atoms with Crippen LogP contribution in [0.4, 0.5) is 11.4 Å². The van der Waals surface area contributed by atoms with Gasteiger partial charge in [-0.05, 0) is 31.0 Å². The van der Waals surface area contributed by atoms with Crippen LogP contribution >= 0.6 is 0 Å². The van der Waals surface area contributed by atoms with Gasteiger partial charge in [0.05, 0.1) is 19.1 Å². The molecule has 2 aliphatic rings. The van der Waals surface area contributed by atoms with Gasteiger partial charge in [0.25, 0.3) is 0 Å². The van der Waals surface area contributed by atoms with Crippen LogP contribution in [0.2, 0.25) is 0 Å². The molecule has 0 aromatic heterocycles. The first-order valence-electron chi connectivity index (χ1n) is 6.57. The lowest BCUT2D eigenvalue weighted by Gasteiger charge is -2.21. The molecule has 1 N–H and O–H groups in total. The Bertz CT molecular complexity index is 455. The van der Waals surface area contributed by atoms with E-state index in [1.54, 1.807) is 4.90 Å². The van der Waals surface area contributed by atoms with E-state index < -0.39 is 6.10 Å².